The number of rotatable bonds is 7. The molecule has 158 valence electrons. The fourth-order valence-electron chi connectivity index (χ4n) is 4.45. The molecule has 29 heavy (non-hydrogen) atoms. The van der Waals surface area contributed by atoms with Gasteiger partial charge in [-0.05, 0) is 33.6 Å². The molecular weight excluding hydrogens is 394 g/mol. The Bertz CT molecular complexity index is 926. The standard InChI is InChI=1S/C19H27N5O4S/c1-4-27-11-14-9-21-18(10-20-14)28-17-7-15-5-6-16(8-17)24(15)29(25,26)19-12(2)22-23-13(19)3/h9-10,15-17H,4-8,11H2,1-3H3,(H,22,23)/t15-,16+,17+. The first-order valence-corrected chi connectivity index (χ1v) is 11.4. The lowest BCUT2D eigenvalue weighted by Crippen LogP contribution is -2.49. The number of aromatic nitrogens is 4. The van der Waals surface area contributed by atoms with Gasteiger partial charge in [0.25, 0.3) is 0 Å². The Morgan fingerprint density at radius 2 is 1.90 bits per heavy atom. The summed E-state index contributed by atoms with van der Waals surface area (Å²) in [5.74, 6) is 0.465. The third kappa shape index (κ3) is 3.88. The third-order valence-corrected chi connectivity index (χ3v) is 7.91. The van der Waals surface area contributed by atoms with Crippen LogP contribution in [-0.2, 0) is 21.4 Å². The van der Waals surface area contributed by atoms with Gasteiger partial charge in [-0.1, -0.05) is 0 Å². The van der Waals surface area contributed by atoms with Crippen molar-refractivity contribution >= 4 is 10.0 Å². The number of fused-ring (bicyclic) bond motifs is 2. The molecule has 10 heteroatoms. The SMILES string of the molecule is CCOCc1cnc(O[C@H]2C[C@H]3CC[C@@H](C2)N3S(=O)(=O)c2c(C)n[nH]c2C)cn1. The zero-order valence-corrected chi connectivity index (χ0v) is 17.8. The maximum atomic E-state index is 13.3. The molecule has 2 aromatic heterocycles. The van der Waals surface area contributed by atoms with E-state index >= 15 is 0 Å². The summed E-state index contributed by atoms with van der Waals surface area (Å²) in [6.07, 6.45) is 6.18. The smallest absolute Gasteiger partial charge is 0.247 e. The highest BCUT2D eigenvalue weighted by atomic mass is 32.2. The van der Waals surface area contributed by atoms with Crippen LogP contribution >= 0.6 is 0 Å². The molecule has 2 saturated heterocycles. The maximum absolute atomic E-state index is 13.3. The average Bonchev–Trinajstić information content (AvgIpc) is 3.18. The minimum atomic E-state index is -3.58. The minimum absolute atomic E-state index is 0.0670. The molecule has 4 rings (SSSR count). The summed E-state index contributed by atoms with van der Waals surface area (Å²) in [7, 11) is -3.58. The summed E-state index contributed by atoms with van der Waals surface area (Å²) in [5, 5.41) is 6.85. The first-order valence-electron chi connectivity index (χ1n) is 10.0. The predicted molar refractivity (Wildman–Crippen MR) is 105 cm³/mol. The van der Waals surface area contributed by atoms with Crippen molar-refractivity contribution in [2.75, 3.05) is 6.61 Å². The van der Waals surface area contributed by atoms with E-state index in [-0.39, 0.29) is 18.2 Å². The lowest BCUT2D eigenvalue weighted by atomic mass is 10.0. The van der Waals surface area contributed by atoms with Crippen molar-refractivity contribution in [1.29, 1.82) is 0 Å². The normalized spacial score (nSPS) is 24.7. The van der Waals surface area contributed by atoms with Crippen molar-refractivity contribution in [1.82, 2.24) is 24.5 Å². The minimum Gasteiger partial charge on any atom is -0.473 e. The summed E-state index contributed by atoms with van der Waals surface area (Å²) in [6.45, 7) is 6.46. The van der Waals surface area contributed by atoms with Crippen molar-refractivity contribution in [2.45, 2.75) is 76.1 Å². The van der Waals surface area contributed by atoms with E-state index in [2.05, 4.69) is 20.2 Å². The van der Waals surface area contributed by atoms with E-state index < -0.39 is 10.0 Å². The predicted octanol–water partition coefficient (Wildman–Crippen LogP) is 2.12. The molecule has 2 bridgehead atoms. The van der Waals surface area contributed by atoms with Crippen LogP contribution in [0.3, 0.4) is 0 Å². The number of H-pyrrole nitrogens is 1. The van der Waals surface area contributed by atoms with E-state index in [0.717, 1.165) is 18.5 Å². The topological polar surface area (TPSA) is 110 Å². The highest BCUT2D eigenvalue weighted by Crippen LogP contribution is 2.41. The van der Waals surface area contributed by atoms with Crippen LogP contribution in [0.15, 0.2) is 17.3 Å². The number of nitrogens with one attached hydrogen (secondary N) is 1. The zero-order chi connectivity index (χ0) is 20.6. The number of hydrogen-bond acceptors (Lipinski definition) is 7. The van der Waals surface area contributed by atoms with Gasteiger partial charge in [0, 0.05) is 31.5 Å². The monoisotopic (exact) mass is 421 g/mol. The summed E-state index contributed by atoms with van der Waals surface area (Å²) >= 11 is 0. The van der Waals surface area contributed by atoms with Gasteiger partial charge in [0.05, 0.1) is 36.1 Å². The highest BCUT2D eigenvalue weighted by molar-refractivity contribution is 7.89. The third-order valence-electron chi connectivity index (χ3n) is 5.64. The number of aromatic amines is 1. The first kappa shape index (κ1) is 20.2. The summed E-state index contributed by atoms with van der Waals surface area (Å²) in [5.41, 5.74) is 1.86. The maximum Gasteiger partial charge on any atom is 0.247 e. The van der Waals surface area contributed by atoms with E-state index in [1.165, 1.54) is 0 Å². The lowest BCUT2D eigenvalue weighted by molar-refractivity contribution is 0.0910. The van der Waals surface area contributed by atoms with Gasteiger partial charge in [-0.3, -0.25) is 10.1 Å². The molecule has 0 unspecified atom stereocenters. The van der Waals surface area contributed by atoms with Gasteiger partial charge in [-0.15, -0.1) is 0 Å². The highest BCUT2D eigenvalue weighted by Gasteiger charge is 2.49. The Kier molecular flexibility index (Phi) is 5.58. The number of aryl methyl sites for hydroxylation is 2. The summed E-state index contributed by atoms with van der Waals surface area (Å²) in [6, 6.07) is -0.134. The molecule has 0 spiro atoms. The van der Waals surface area contributed by atoms with Crippen molar-refractivity contribution in [3.8, 4) is 5.88 Å². The van der Waals surface area contributed by atoms with Crippen molar-refractivity contribution in [3.05, 3.63) is 29.5 Å². The van der Waals surface area contributed by atoms with Gasteiger partial charge in [0.1, 0.15) is 11.0 Å². The molecule has 2 aliphatic rings. The van der Waals surface area contributed by atoms with Gasteiger partial charge < -0.3 is 9.47 Å². The molecule has 3 atom stereocenters. The quantitative estimate of drug-likeness (QED) is 0.729. The molecule has 2 fully saturated rings. The lowest BCUT2D eigenvalue weighted by Gasteiger charge is -2.37. The van der Waals surface area contributed by atoms with E-state index in [1.54, 1.807) is 30.5 Å². The van der Waals surface area contributed by atoms with Crippen LogP contribution in [0.5, 0.6) is 5.88 Å². The van der Waals surface area contributed by atoms with Crippen LogP contribution in [0, 0.1) is 13.8 Å². The van der Waals surface area contributed by atoms with E-state index in [0.29, 0.717) is 48.2 Å². The Morgan fingerprint density at radius 3 is 2.45 bits per heavy atom. The Hall–Kier alpha value is -2.04. The van der Waals surface area contributed by atoms with Gasteiger partial charge in [-0.25, -0.2) is 13.4 Å². The second-order valence-corrected chi connectivity index (χ2v) is 9.46. The second kappa shape index (κ2) is 8.00. The number of sulfonamides is 1. The molecule has 0 aromatic carbocycles. The van der Waals surface area contributed by atoms with E-state index in [4.69, 9.17) is 9.47 Å². The van der Waals surface area contributed by atoms with Crippen molar-refractivity contribution < 1.29 is 17.9 Å². The fourth-order valence-corrected chi connectivity index (χ4v) is 6.68. The van der Waals surface area contributed by atoms with Crippen LogP contribution < -0.4 is 4.74 Å². The molecule has 0 radical (unpaired) electrons. The molecule has 0 aliphatic carbocycles. The van der Waals surface area contributed by atoms with E-state index in [1.807, 2.05) is 6.92 Å². The number of nitrogens with zero attached hydrogens (tertiary/aromatic N) is 4. The second-order valence-electron chi connectivity index (χ2n) is 7.68. The van der Waals surface area contributed by atoms with Gasteiger partial charge in [0.2, 0.25) is 15.9 Å². The van der Waals surface area contributed by atoms with Crippen molar-refractivity contribution in [3.63, 3.8) is 0 Å². The van der Waals surface area contributed by atoms with Crippen LogP contribution in [0.4, 0.5) is 0 Å². The van der Waals surface area contributed by atoms with Gasteiger partial charge in [-0.2, -0.15) is 9.40 Å². The molecule has 2 aromatic rings. The molecule has 0 amide bonds. The molecule has 9 nitrogen and oxygen atoms in total. The molecule has 1 N–H and O–H groups in total. The van der Waals surface area contributed by atoms with Crippen molar-refractivity contribution in [2.24, 2.45) is 0 Å². The largest absolute Gasteiger partial charge is 0.473 e. The van der Waals surface area contributed by atoms with Crippen LogP contribution in [0.1, 0.15) is 49.7 Å². The first-order chi connectivity index (χ1) is 13.9. The van der Waals surface area contributed by atoms with E-state index in [9.17, 15) is 8.42 Å². The molecular formula is C19H27N5O4S. The molecule has 2 aliphatic heterocycles. The average molecular weight is 422 g/mol. The van der Waals surface area contributed by atoms with Crippen LogP contribution in [0.25, 0.3) is 0 Å². The van der Waals surface area contributed by atoms with Crippen LogP contribution in [-0.4, -0.2) is 57.7 Å². The van der Waals surface area contributed by atoms with Gasteiger partial charge >= 0.3 is 0 Å². The molecule has 4 heterocycles. The number of ether oxygens (including phenoxy) is 2. The Morgan fingerprint density at radius 1 is 1.17 bits per heavy atom. The van der Waals surface area contributed by atoms with Gasteiger partial charge in [0.15, 0.2) is 0 Å². The molecule has 0 saturated carbocycles. The Labute approximate surface area is 170 Å². The summed E-state index contributed by atoms with van der Waals surface area (Å²) < 4.78 is 39.7. The van der Waals surface area contributed by atoms with Crippen LogP contribution in [0.2, 0.25) is 0 Å². The Balaban J connectivity index is 1.45. The number of piperidine rings is 1. The fraction of sp³-hybridized carbons (Fsp3) is 0.632. The number of hydrogen-bond donors (Lipinski definition) is 1. The summed E-state index contributed by atoms with van der Waals surface area (Å²) in [4.78, 5) is 8.94. The zero-order valence-electron chi connectivity index (χ0n) is 17.0.